The summed E-state index contributed by atoms with van der Waals surface area (Å²) in [7, 11) is 0. The van der Waals surface area contributed by atoms with E-state index >= 15 is 0 Å². The highest BCUT2D eigenvalue weighted by molar-refractivity contribution is 6.34. The van der Waals surface area contributed by atoms with Gasteiger partial charge < -0.3 is 16.0 Å². The van der Waals surface area contributed by atoms with E-state index in [1.165, 1.54) is 12.0 Å². The van der Waals surface area contributed by atoms with Crippen LogP contribution in [0, 0.1) is 5.92 Å². The van der Waals surface area contributed by atoms with E-state index < -0.39 is 0 Å². The van der Waals surface area contributed by atoms with Gasteiger partial charge in [0, 0.05) is 12.2 Å². The Morgan fingerprint density at radius 2 is 1.86 bits per heavy atom. The van der Waals surface area contributed by atoms with Gasteiger partial charge in [-0.2, -0.15) is 0 Å². The second-order valence-electron chi connectivity index (χ2n) is 7.16. The Hall–Kier alpha value is -2.08. The zero-order chi connectivity index (χ0) is 19.9. The maximum atomic E-state index is 12.4. The quantitative estimate of drug-likeness (QED) is 0.618. The van der Waals surface area contributed by atoms with Crippen molar-refractivity contribution in [3.8, 4) is 0 Å². The van der Waals surface area contributed by atoms with Gasteiger partial charge in [0.1, 0.15) is 0 Å². The van der Waals surface area contributed by atoms with Crippen molar-refractivity contribution in [3.05, 3.63) is 64.2 Å². The molecular formula is C22H27Cl2N3O2. The Morgan fingerprint density at radius 1 is 1.14 bits per heavy atom. The predicted molar refractivity (Wildman–Crippen MR) is 120 cm³/mol. The number of carbonyl (C=O) groups excluding carboxylic acids is 2. The number of rotatable bonds is 7. The second kappa shape index (κ2) is 11.2. The molecule has 2 aromatic rings. The van der Waals surface area contributed by atoms with Gasteiger partial charge in [-0.1, -0.05) is 35.9 Å². The SMILES string of the molecule is CCNC(=O)c1cc(NC(=O)Cc2ccc(CC3CCNC3)cc2)ccc1Cl.Cl. The van der Waals surface area contributed by atoms with Crippen molar-refractivity contribution in [2.24, 2.45) is 5.92 Å². The summed E-state index contributed by atoms with van der Waals surface area (Å²) in [6, 6.07) is 13.2. The predicted octanol–water partition coefficient (Wildman–Crippen LogP) is 3.84. The number of hydrogen-bond acceptors (Lipinski definition) is 3. The molecule has 156 valence electrons. The van der Waals surface area contributed by atoms with Crippen molar-refractivity contribution in [2.45, 2.75) is 26.2 Å². The van der Waals surface area contributed by atoms with Gasteiger partial charge in [-0.15, -0.1) is 12.4 Å². The van der Waals surface area contributed by atoms with Gasteiger partial charge in [0.05, 0.1) is 17.0 Å². The highest BCUT2D eigenvalue weighted by Gasteiger charge is 2.15. The van der Waals surface area contributed by atoms with E-state index in [-0.39, 0.29) is 30.6 Å². The summed E-state index contributed by atoms with van der Waals surface area (Å²) in [6.07, 6.45) is 2.58. The van der Waals surface area contributed by atoms with E-state index in [4.69, 9.17) is 11.6 Å². The molecule has 1 aliphatic heterocycles. The molecule has 2 aromatic carbocycles. The van der Waals surface area contributed by atoms with E-state index in [1.54, 1.807) is 18.2 Å². The van der Waals surface area contributed by atoms with Gasteiger partial charge in [-0.3, -0.25) is 9.59 Å². The van der Waals surface area contributed by atoms with Gasteiger partial charge >= 0.3 is 0 Å². The van der Waals surface area contributed by atoms with Gasteiger partial charge in [0.15, 0.2) is 0 Å². The lowest BCUT2D eigenvalue weighted by atomic mass is 9.97. The maximum Gasteiger partial charge on any atom is 0.252 e. The molecule has 1 heterocycles. The number of amides is 2. The molecular weight excluding hydrogens is 409 g/mol. The van der Waals surface area contributed by atoms with Crippen molar-refractivity contribution in [1.82, 2.24) is 10.6 Å². The smallest absolute Gasteiger partial charge is 0.252 e. The van der Waals surface area contributed by atoms with Gasteiger partial charge in [-0.25, -0.2) is 0 Å². The van der Waals surface area contributed by atoms with Crippen molar-refractivity contribution in [2.75, 3.05) is 25.0 Å². The molecule has 0 aromatic heterocycles. The Balaban J connectivity index is 0.00000300. The second-order valence-corrected chi connectivity index (χ2v) is 7.57. The normalized spacial score (nSPS) is 15.4. The van der Waals surface area contributed by atoms with Crippen LogP contribution < -0.4 is 16.0 Å². The van der Waals surface area contributed by atoms with Crippen LogP contribution in [0.5, 0.6) is 0 Å². The number of anilines is 1. The fraction of sp³-hybridized carbons (Fsp3) is 0.364. The van der Waals surface area contributed by atoms with E-state index in [0.717, 1.165) is 25.1 Å². The summed E-state index contributed by atoms with van der Waals surface area (Å²) in [5.74, 6) is 0.326. The van der Waals surface area contributed by atoms with Gasteiger partial charge in [-0.05, 0) is 68.1 Å². The van der Waals surface area contributed by atoms with Crippen molar-refractivity contribution < 1.29 is 9.59 Å². The first kappa shape index (κ1) is 23.2. The molecule has 29 heavy (non-hydrogen) atoms. The molecule has 1 saturated heterocycles. The molecule has 2 amide bonds. The lowest BCUT2D eigenvalue weighted by Gasteiger charge is -2.10. The summed E-state index contributed by atoms with van der Waals surface area (Å²) in [5.41, 5.74) is 3.18. The lowest BCUT2D eigenvalue weighted by Crippen LogP contribution is -2.23. The Morgan fingerprint density at radius 3 is 2.52 bits per heavy atom. The minimum absolute atomic E-state index is 0. The highest BCUT2D eigenvalue weighted by atomic mass is 35.5. The van der Waals surface area contributed by atoms with Crippen LogP contribution in [-0.2, 0) is 17.6 Å². The largest absolute Gasteiger partial charge is 0.352 e. The Kier molecular flexibility index (Phi) is 8.96. The van der Waals surface area contributed by atoms with Crippen LogP contribution in [0.4, 0.5) is 5.69 Å². The molecule has 1 unspecified atom stereocenters. The minimum Gasteiger partial charge on any atom is -0.352 e. The van der Waals surface area contributed by atoms with Crippen LogP contribution in [0.15, 0.2) is 42.5 Å². The number of nitrogens with one attached hydrogen (secondary N) is 3. The summed E-state index contributed by atoms with van der Waals surface area (Å²) in [5, 5.41) is 9.30. The molecule has 0 aliphatic carbocycles. The minimum atomic E-state index is -0.253. The van der Waals surface area contributed by atoms with E-state index in [1.807, 2.05) is 19.1 Å². The molecule has 5 nitrogen and oxygen atoms in total. The van der Waals surface area contributed by atoms with Crippen LogP contribution in [0.1, 0.15) is 34.8 Å². The molecule has 3 rings (SSSR count). The molecule has 0 spiro atoms. The third kappa shape index (κ3) is 6.74. The van der Waals surface area contributed by atoms with Crippen LogP contribution >= 0.6 is 24.0 Å². The van der Waals surface area contributed by atoms with Crippen LogP contribution in [0.2, 0.25) is 5.02 Å². The zero-order valence-corrected chi connectivity index (χ0v) is 18.0. The van der Waals surface area contributed by atoms with Gasteiger partial charge in [0.25, 0.3) is 5.91 Å². The molecule has 0 saturated carbocycles. The molecule has 1 fully saturated rings. The number of carbonyl (C=O) groups is 2. The third-order valence-electron chi connectivity index (χ3n) is 4.91. The number of halogens is 2. The van der Waals surface area contributed by atoms with Gasteiger partial charge in [0.2, 0.25) is 5.91 Å². The monoisotopic (exact) mass is 435 g/mol. The fourth-order valence-corrected chi connectivity index (χ4v) is 3.64. The molecule has 1 aliphatic rings. The maximum absolute atomic E-state index is 12.4. The van der Waals surface area contributed by atoms with E-state index in [9.17, 15) is 9.59 Å². The van der Waals surface area contributed by atoms with Crippen molar-refractivity contribution >= 4 is 41.5 Å². The molecule has 3 N–H and O–H groups in total. The number of benzene rings is 2. The van der Waals surface area contributed by atoms with E-state index in [0.29, 0.717) is 28.7 Å². The third-order valence-corrected chi connectivity index (χ3v) is 5.24. The molecule has 1 atom stereocenters. The standard InChI is InChI=1S/C22H26ClN3O2.ClH/c1-2-25-22(28)19-13-18(7-8-20(19)23)26-21(27)12-16-5-3-15(4-6-16)11-17-9-10-24-14-17;/h3-8,13,17,24H,2,9-12,14H2,1H3,(H,25,28)(H,26,27);1H. The fourth-order valence-electron chi connectivity index (χ4n) is 3.44. The van der Waals surface area contributed by atoms with Crippen LogP contribution in [-0.4, -0.2) is 31.4 Å². The first-order chi connectivity index (χ1) is 13.5. The summed E-state index contributed by atoms with van der Waals surface area (Å²) < 4.78 is 0. The summed E-state index contributed by atoms with van der Waals surface area (Å²) >= 11 is 6.09. The van der Waals surface area contributed by atoms with Crippen LogP contribution in [0.25, 0.3) is 0 Å². The molecule has 0 bridgehead atoms. The average molecular weight is 436 g/mol. The van der Waals surface area contributed by atoms with Crippen LogP contribution in [0.3, 0.4) is 0 Å². The van der Waals surface area contributed by atoms with E-state index in [2.05, 4.69) is 28.1 Å². The first-order valence-electron chi connectivity index (χ1n) is 9.71. The molecule has 0 radical (unpaired) electrons. The van der Waals surface area contributed by atoms with Crippen molar-refractivity contribution in [1.29, 1.82) is 0 Å². The number of hydrogen-bond donors (Lipinski definition) is 3. The lowest BCUT2D eigenvalue weighted by molar-refractivity contribution is -0.115. The average Bonchev–Trinajstić information content (AvgIpc) is 3.18. The zero-order valence-electron chi connectivity index (χ0n) is 16.5. The summed E-state index contributed by atoms with van der Waals surface area (Å²) in [6.45, 7) is 4.55. The molecule has 7 heteroatoms. The Bertz CT molecular complexity index is 834. The highest BCUT2D eigenvalue weighted by Crippen LogP contribution is 2.21. The van der Waals surface area contributed by atoms with Crippen molar-refractivity contribution in [3.63, 3.8) is 0 Å². The first-order valence-corrected chi connectivity index (χ1v) is 10.1. The Labute approximate surface area is 183 Å². The summed E-state index contributed by atoms with van der Waals surface area (Å²) in [4.78, 5) is 24.4. The topological polar surface area (TPSA) is 70.2 Å².